The second-order valence-electron chi connectivity index (χ2n) is 6.70. The number of benzene rings is 1. The van der Waals surface area contributed by atoms with E-state index in [0.717, 1.165) is 24.2 Å². The van der Waals surface area contributed by atoms with E-state index >= 15 is 0 Å². The fourth-order valence-corrected chi connectivity index (χ4v) is 2.87. The first-order valence-corrected chi connectivity index (χ1v) is 8.35. The number of nitrogens with one attached hydrogen (secondary N) is 1. The SMILES string of the molecule is CC(C)c1c(C(=O)NCC(N)C2CC2)cnn1-c1ccc(F)cc1.Cl. The van der Waals surface area contributed by atoms with Gasteiger partial charge in [0.05, 0.1) is 23.1 Å². The summed E-state index contributed by atoms with van der Waals surface area (Å²) in [5.74, 6) is 0.166. The van der Waals surface area contributed by atoms with Gasteiger partial charge in [-0.3, -0.25) is 4.79 Å². The van der Waals surface area contributed by atoms with E-state index in [0.29, 0.717) is 18.0 Å². The summed E-state index contributed by atoms with van der Waals surface area (Å²) in [4.78, 5) is 12.5. The Morgan fingerprint density at radius 2 is 2.00 bits per heavy atom. The zero-order valence-corrected chi connectivity index (χ0v) is 15.2. The van der Waals surface area contributed by atoms with Gasteiger partial charge in [-0.1, -0.05) is 13.8 Å². The molecule has 0 spiro atoms. The Morgan fingerprint density at radius 3 is 2.56 bits per heavy atom. The number of amides is 1. The van der Waals surface area contributed by atoms with Gasteiger partial charge in [0.2, 0.25) is 0 Å². The van der Waals surface area contributed by atoms with Crippen LogP contribution in [0.5, 0.6) is 0 Å². The highest BCUT2D eigenvalue weighted by atomic mass is 35.5. The number of nitrogens with two attached hydrogens (primary N) is 1. The normalized spacial score (nSPS) is 14.9. The van der Waals surface area contributed by atoms with Crippen LogP contribution in [-0.4, -0.2) is 28.3 Å². The molecule has 3 N–H and O–H groups in total. The molecule has 3 rings (SSSR count). The van der Waals surface area contributed by atoms with Crippen LogP contribution in [0.4, 0.5) is 4.39 Å². The van der Waals surface area contributed by atoms with Crippen molar-refractivity contribution in [1.29, 1.82) is 0 Å². The van der Waals surface area contributed by atoms with E-state index < -0.39 is 0 Å². The van der Waals surface area contributed by atoms with Gasteiger partial charge in [-0.05, 0) is 48.9 Å². The first kappa shape index (κ1) is 19.4. The van der Waals surface area contributed by atoms with E-state index in [2.05, 4.69) is 10.4 Å². The van der Waals surface area contributed by atoms with Gasteiger partial charge in [0.25, 0.3) is 5.91 Å². The van der Waals surface area contributed by atoms with Crippen molar-refractivity contribution in [3.05, 3.63) is 47.5 Å². The lowest BCUT2D eigenvalue weighted by atomic mass is 10.0. The minimum atomic E-state index is -0.302. The zero-order chi connectivity index (χ0) is 17.3. The quantitative estimate of drug-likeness (QED) is 0.825. The van der Waals surface area contributed by atoms with Crippen LogP contribution >= 0.6 is 12.4 Å². The first-order valence-electron chi connectivity index (χ1n) is 8.35. The molecule has 1 saturated carbocycles. The van der Waals surface area contributed by atoms with E-state index in [9.17, 15) is 9.18 Å². The predicted octanol–water partition coefficient (Wildman–Crippen LogP) is 3.02. The van der Waals surface area contributed by atoms with E-state index in [1.165, 1.54) is 12.1 Å². The van der Waals surface area contributed by atoms with E-state index in [1.54, 1.807) is 23.0 Å². The van der Waals surface area contributed by atoms with Crippen molar-refractivity contribution >= 4 is 18.3 Å². The molecule has 1 fully saturated rings. The summed E-state index contributed by atoms with van der Waals surface area (Å²) in [6.45, 7) is 4.48. The molecule has 136 valence electrons. The number of hydrogen-bond donors (Lipinski definition) is 2. The summed E-state index contributed by atoms with van der Waals surface area (Å²) >= 11 is 0. The third-order valence-electron chi connectivity index (χ3n) is 4.39. The molecule has 1 atom stereocenters. The molecule has 1 aromatic carbocycles. The van der Waals surface area contributed by atoms with Crippen LogP contribution in [-0.2, 0) is 0 Å². The molecule has 0 radical (unpaired) electrons. The summed E-state index contributed by atoms with van der Waals surface area (Å²) in [5.41, 5.74) is 8.12. The van der Waals surface area contributed by atoms with Gasteiger partial charge in [0.15, 0.2) is 0 Å². The molecule has 0 saturated heterocycles. The molecule has 1 aliphatic rings. The summed E-state index contributed by atoms with van der Waals surface area (Å²) in [5, 5.41) is 7.25. The van der Waals surface area contributed by atoms with Crippen LogP contribution in [0.25, 0.3) is 5.69 Å². The smallest absolute Gasteiger partial charge is 0.254 e. The second kappa shape index (κ2) is 7.97. The largest absolute Gasteiger partial charge is 0.350 e. The van der Waals surface area contributed by atoms with Crippen LogP contribution in [0.2, 0.25) is 0 Å². The number of rotatable bonds is 6. The minimum absolute atomic E-state index is 0. The Hall–Kier alpha value is -1.92. The number of hydrogen-bond acceptors (Lipinski definition) is 3. The van der Waals surface area contributed by atoms with E-state index in [-0.39, 0.29) is 36.1 Å². The lowest BCUT2D eigenvalue weighted by molar-refractivity contribution is 0.0949. The van der Waals surface area contributed by atoms with Crippen molar-refractivity contribution in [1.82, 2.24) is 15.1 Å². The van der Waals surface area contributed by atoms with Gasteiger partial charge in [-0.25, -0.2) is 9.07 Å². The summed E-state index contributed by atoms with van der Waals surface area (Å²) in [6, 6.07) is 6.09. The number of halogens is 2. The van der Waals surface area contributed by atoms with Crippen molar-refractivity contribution in [2.45, 2.75) is 38.6 Å². The summed E-state index contributed by atoms with van der Waals surface area (Å²) < 4.78 is 14.8. The Balaban J connectivity index is 0.00000225. The third kappa shape index (κ3) is 4.38. The van der Waals surface area contributed by atoms with E-state index in [4.69, 9.17) is 5.73 Å². The lowest BCUT2D eigenvalue weighted by Crippen LogP contribution is -2.38. The second-order valence-corrected chi connectivity index (χ2v) is 6.70. The molecule has 1 heterocycles. The van der Waals surface area contributed by atoms with Gasteiger partial charge in [0, 0.05) is 12.6 Å². The molecule has 5 nitrogen and oxygen atoms in total. The minimum Gasteiger partial charge on any atom is -0.350 e. The Kier molecular flexibility index (Phi) is 6.19. The molecular weight excluding hydrogens is 343 g/mol. The average Bonchev–Trinajstić information content (AvgIpc) is 3.31. The van der Waals surface area contributed by atoms with Gasteiger partial charge < -0.3 is 11.1 Å². The van der Waals surface area contributed by atoms with Gasteiger partial charge in [-0.15, -0.1) is 12.4 Å². The van der Waals surface area contributed by atoms with Crippen LogP contribution in [0.1, 0.15) is 48.7 Å². The van der Waals surface area contributed by atoms with Crippen molar-refractivity contribution in [3.63, 3.8) is 0 Å². The van der Waals surface area contributed by atoms with Crippen molar-refractivity contribution < 1.29 is 9.18 Å². The number of carbonyl (C=O) groups excluding carboxylic acids is 1. The van der Waals surface area contributed by atoms with Crippen LogP contribution < -0.4 is 11.1 Å². The highest BCUT2D eigenvalue weighted by molar-refractivity contribution is 5.95. The molecule has 1 amide bonds. The maximum absolute atomic E-state index is 13.1. The fourth-order valence-electron chi connectivity index (χ4n) is 2.87. The average molecular weight is 367 g/mol. The lowest BCUT2D eigenvalue weighted by Gasteiger charge is -2.14. The Morgan fingerprint density at radius 1 is 1.36 bits per heavy atom. The van der Waals surface area contributed by atoms with Crippen LogP contribution in [0.3, 0.4) is 0 Å². The van der Waals surface area contributed by atoms with Crippen LogP contribution in [0, 0.1) is 11.7 Å². The highest BCUT2D eigenvalue weighted by Gasteiger charge is 2.29. The van der Waals surface area contributed by atoms with Crippen molar-refractivity contribution in [3.8, 4) is 5.69 Å². The monoisotopic (exact) mass is 366 g/mol. The maximum atomic E-state index is 13.1. The Bertz CT molecular complexity index is 725. The molecule has 7 heteroatoms. The summed E-state index contributed by atoms with van der Waals surface area (Å²) in [7, 11) is 0. The number of nitrogens with zero attached hydrogens (tertiary/aromatic N) is 2. The molecule has 0 aliphatic heterocycles. The van der Waals surface area contributed by atoms with Crippen molar-refractivity contribution in [2.75, 3.05) is 6.54 Å². The van der Waals surface area contributed by atoms with Gasteiger partial charge >= 0.3 is 0 Å². The van der Waals surface area contributed by atoms with Crippen molar-refractivity contribution in [2.24, 2.45) is 11.7 Å². The topological polar surface area (TPSA) is 72.9 Å². The first-order chi connectivity index (χ1) is 11.5. The number of carbonyl (C=O) groups is 1. The maximum Gasteiger partial charge on any atom is 0.254 e. The van der Waals surface area contributed by atoms with Gasteiger partial charge in [0.1, 0.15) is 5.82 Å². The molecule has 2 aromatic rings. The molecular formula is C18H24ClFN4O. The standard InChI is InChI=1S/C18H23FN4O.ClH/c1-11(2)17-15(18(24)21-10-16(20)12-3-4-12)9-22-23(17)14-7-5-13(19)6-8-14;/h5-9,11-12,16H,3-4,10,20H2,1-2H3,(H,21,24);1H. The Labute approximate surface area is 153 Å². The molecule has 1 aromatic heterocycles. The predicted molar refractivity (Wildman–Crippen MR) is 97.9 cm³/mol. The van der Waals surface area contributed by atoms with Gasteiger partial charge in [-0.2, -0.15) is 5.10 Å². The molecule has 25 heavy (non-hydrogen) atoms. The highest BCUT2D eigenvalue weighted by Crippen LogP contribution is 2.31. The third-order valence-corrected chi connectivity index (χ3v) is 4.39. The van der Waals surface area contributed by atoms with E-state index in [1.807, 2.05) is 13.8 Å². The van der Waals surface area contributed by atoms with Crippen LogP contribution in [0.15, 0.2) is 30.5 Å². The molecule has 0 bridgehead atoms. The molecule has 1 unspecified atom stereocenters. The summed E-state index contributed by atoms with van der Waals surface area (Å²) in [6.07, 6.45) is 3.87. The number of aromatic nitrogens is 2. The molecule has 1 aliphatic carbocycles. The fraction of sp³-hybridized carbons (Fsp3) is 0.444. The zero-order valence-electron chi connectivity index (χ0n) is 14.4.